The van der Waals surface area contributed by atoms with Crippen molar-refractivity contribution in [2.75, 3.05) is 0 Å². The second kappa shape index (κ2) is 5.35. The molecule has 4 heteroatoms. The van der Waals surface area contributed by atoms with Gasteiger partial charge >= 0.3 is 43.7 Å². The molecule has 40 valence electrons. The molecular weight excluding hydrogens is 188 g/mol. The molecule has 1 atom stereocenters. The van der Waals surface area contributed by atoms with Crippen LogP contribution < -0.4 is 0 Å². The number of halogens is 1. The van der Waals surface area contributed by atoms with Crippen LogP contribution >= 0.6 is 15.9 Å². The van der Waals surface area contributed by atoms with E-state index < -0.39 is 10.8 Å². The summed E-state index contributed by atoms with van der Waals surface area (Å²) in [5, 5.41) is 7.94. The van der Waals surface area contributed by atoms with Gasteiger partial charge in [0.2, 0.25) is 0 Å². The molecule has 1 N–H and O–H groups in total. The van der Waals surface area contributed by atoms with Crippen molar-refractivity contribution in [1.29, 1.82) is 0 Å². The first-order valence-electron chi connectivity index (χ1n) is 1.51. The summed E-state index contributed by atoms with van der Waals surface area (Å²) in [5.74, 6) is -0.824. The topological polar surface area (TPSA) is 37.3 Å². The van der Waals surface area contributed by atoms with E-state index in [4.69, 9.17) is 5.11 Å². The van der Waals surface area contributed by atoms with Crippen molar-refractivity contribution >= 4 is 59.6 Å². The van der Waals surface area contributed by atoms with Gasteiger partial charge in [-0.15, -0.1) is 0 Å². The van der Waals surface area contributed by atoms with Gasteiger partial charge in [-0.2, -0.15) is 0 Å². The van der Waals surface area contributed by atoms with Crippen LogP contribution in [0.4, 0.5) is 0 Å². The van der Waals surface area contributed by atoms with Gasteiger partial charge in [-0.25, -0.2) is 0 Å². The fourth-order valence-electron chi connectivity index (χ4n) is 0. The zero-order valence-corrected chi connectivity index (χ0v) is 4.90. The summed E-state index contributed by atoms with van der Waals surface area (Å²) >= 11 is 2.84. The van der Waals surface area contributed by atoms with Crippen LogP contribution in [0.3, 0.4) is 0 Å². The van der Waals surface area contributed by atoms with Gasteiger partial charge in [-0.3, -0.25) is 4.79 Å². The van der Waals surface area contributed by atoms with Crippen molar-refractivity contribution in [2.24, 2.45) is 0 Å². The van der Waals surface area contributed by atoms with Crippen molar-refractivity contribution in [3.63, 3.8) is 0 Å². The van der Waals surface area contributed by atoms with Gasteiger partial charge in [0.25, 0.3) is 0 Å². The molecule has 2 nitrogen and oxygen atoms in total. The number of hydrogen-bond donors (Lipinski definition) is 1. The molecule has 0 saturated heterocycles. The summed E-state index contributed by atoms with van der Waals surface area (Å²) in [6.45, 7) is 1.56. The van der Waals surface area contributed by atoms with Crippen LogP contribution in [0.25, 0.3) is 0 Å². The van der Waals surface area contributed by atoms with E-state index in [1.54, 1.807) is 6.92 Å². The van der Waals surface area contributed by atoms with E-state index in [0.717, 1.165) is 0 Å². The molecule has 0 aliphatic heterocycles. The number of carbonyl (C=O) groups is 1. The first-order chi connectivity index (χ1) is 2.64. The number of carboxylic acid groups (broad SMARTS) is 1. The van der Waals surface area contributed by atoms with Crippen LogP contribution in [-0.4, -0.2) is 53.6 Å². The van der Waals surface area contributed by atoms with Crippen molar-refractivity contribution in [3.05, 3.63) is 0 Å². The molecule has 0 radical (unpaired) electrons. The van der Waals surface area contributed by atoms with Gasteiger partial charge in [-0.05, 0) is 6.92 Å². The molecule has 0 aromatic carbocycles. The summed E-state index contributed by atoms with van der Waals surface area (Å²) in [6.07, 6.45) is 0. The summed E-state index contributed by atoms with van der Waals surface area (Å²) in [5.41, 5.74) is 0. The Morgan fingerprint density at radius 3 is 2.00 bits per heavy atom. The number of hydrogen-bond acceptors (Lipinski definition) is 1. The average Bonchev–Trinajstić information content (AvgIpc) is 1.36. The Morgan fingerprint density at radius 2 is 2.00 bits per heavy atom. The molecule has 0 heterocycles. The summed E-state index contributed by atoms with van der Waals surface area (Å²) in [4.78, 5) is 9.23. The third-order valence-corrected chi connectivity index (χ3v) is 0.732. The average molecular weight is 195 g/mol. The van der Waals surface area contributed by atoms with Gasteiger partial charge < -0.3 is 5.11 Å². The molecule has 0 spiro atoms. The van der Waals surface area contributed by atoms with E-state index in [-0.39, 0.29) is 37.7 Å². The van der Waals surface area contributed by atoms with Crippen molar-refractivity contribution in [2.45, 2.75) is 11.8 Å². The molecule has 0 bridgehead atoms. The van der Waals surface area contributed by atoms with Crippen LogP contribution in [0.15, 0.2) is 0 Å². The molecule has 0 fully saturated rings. The zero-order valence-electron chi connectivity index (χ0n) is 3.31. The maximum atomic E-state index is 9.65. The summed E-state index contributed by atoms with van der Waals surface area (Å²) in [7, 11) is 0. The molecular formula is C3H7BrCaO2. The first kappa shape index (κ1) is 11.1. The fourth-order valence-corrected chi connectivity index (χ4v) is 0. The number of aliphatic carboxylic acids is 1. The minimum atomic E-state index is -0.824. The predicted octanol–water partition coefficient (Wildman–Crippen LogP) is -0.0618. The molecule has 0 aromatic heterocycles. The third-order valence-electron chi connectivity index (χ3n) is 0.340. The maximum absolute atomic E-state index is 9.65. The molecule has 0 amide bonds. The van der Waals surface area contributed by atoms with Crippen LogP contribution in [-0.2, 0) is 4.79 Å². The molecule has 0 rings (SSSR count). The van der Waals surface area contributed by atoms with E-state index in [2.05, 4.69) is 15.9 Å². The second-order valence-electron chi connectivity index (χ2n) is 0.954. The van der Waals surface area contributed by atoms with Gasteiger partial charge in [-0.1, -0.05) is 15.9 Å². The number of carboxylic acids is 1. The molecule has 7 heavy (non-hydrogen) atoms. The van der Waals surface area contributed by atoms with Crippen LogP contribution in [0.2, 0.25) is 0 Å². The molecule has 0 aromatic rings. The summed E-state index contributed by atoms with van der Waals surface area (Å²) in [6, 6.07) is 0. The van der Waals surface area contributed by atoms with E-state index in [9.17, 15) is 4.79 Å². The van der Waals surface area contributed by atoms with E-state index in [1.165, 1.54) is 0 Å². The van der Waals surface area contributed by atoms with E-state index in [0.29, 0.717) is 0 Å². The molecule has 0 aliphatic rings. The number of alkyl halides is 1. The second-order valence-corrected chi connectivity index (χ2v) is 2.33. The van der Waals surface area contributed by atoms with E-state index in [1.807, 2.05) is 0 Å². The Morgan fingerprint density at radius 1 is 1.86 bits per heavy atom. The monoisotopic (exact) mass is 194 g/mol. The first-order valence-corrected chi connectivity index (χ1v) is 2.43. The Hall–Kier alpha value is 1.21. The van der Waals surface area contributed by atoms with Crippen molar-refractivity contribution < 1.29 is 9.90 Å². The van der Waals surface area contributed by atoms with Crippen LogP contribution in [0.1, 0.15) is 6.92 Å². The Balaban J connectivity index is 0. The van der Waals surface area contributed by atoms with Gasteiger partial charge in [0, 0.05) is 0 Å². The van der Waals surface area contributed by atoms with Crippen LogP contribution in [0, 0.1) is 0 Å². The minimum absolute atomic E-state index is 0. The fraction of sp³-hybridized carbons (Fsp3) is 0.667. The standard InChI is InChI=1S/C3H5BrO2.Ca.2H/c1-2(4)3(5)6;;;/h2H,1H3,(H,5,6);;;. The van der Waals surface area contributed by atoms with Gasteiger partial charge in [0.15, 0.2) is 0 Å². The predicted molar refractivity (Wildman–Crippen MR) is 34.6 cm³/mol. The number of rotatable bonds is 1. The Kier molecular flexibility index (Phi) is 8.46. The molecule has 1 unspecified atom stereocenters. The summed E-state index contributed by atoms with van der Waals surface area (Å²) < 4.78 is 0. The SMILES string of the molecule is CC(Br)C(=O)O.[CaH2]. The van der Waals surface area contributed by atoms with Gasteiger partial charge in [0.05, 0.1) is 0 Å². The zero-order chi connectivity index (χ0) is 5.15. The van der Waals surface area contributed by atoms with Crippen molar-refractivity contribution in [3.8, 4) is 0 Å². The van der Waals surface area contributed by atoms with Crippen LogP contribution in [0.5, 0.6) is 0 Å². The third kappa shape index (κ3) is 7.21. The van der Waals surface area contributed by atoms with E-state index >= 15 is 0 Å². The molecule has 0 aliphatic carbocycles. The Labute approximate surface area is 80.4 Å². The van der Waals surface area contributed by atoms with Crippen molar-refractivity contribution in [1.82, 2.24) is 0 Å². The van der Waals surface area contributed by atoms with Gasteiger partial charge in [0.1, 0.15) is 4.83 Å². The molecule has 0 saturated carbocycles. The normalized spacial score (nSPS) is 11.7. The quantitative estimate of drug-likeness (QED) is 0.470. The Bertz CT molecular complexity index is 64.0.